The molecule has 8 heteroatoms. The van der Waals surface area contributed by atoms with Gasteiger partial charge in [-0.1, -0.05) is 17.7 Å². The quantitative estimate of drug-likeness (QED) is 0.493. The molecule has 0 aliphatic rings. The molecule has 3 amide bonds. The summed E-state index contributed by atoms with van der Waals surface area (Å²) in [6.45, 7) is 2.11. The third-order valence-electron chi connectivity index (χ3n) is 4.59. The molecule has 0 spiro atoms. The fraction of sp³-hybridized carbons (Fsp3) is 0.125. The van der Waals surface area contributed by atoms with Crippen molar-refractivity contribution >= 4 is 23.4 Å². The van der Waals surface area contributed by atoms with Gasteiger partial charge in [0.05, 0.1) is 5.56 Å². The Hall–Kier alpha value is -4.07. The Labute approximate surface area is 183 Å². The highest BCUT2D eigenvalue weighted by Gasteiger charge is 2.12. The number of hydrogen-bond acceptors (Lipinski definition) is 3. The van der Waals surface area contributed by atoms with E-state index in [-0.39, 0.29) is 30.5 Å². The Kier molecular flexibility index (Phi) is 7.28. The number of hydrogen-bond donors (Lipinski definition) is 3. The molecule has 0 atom stereocenters. The monoisotopic (exact) mass is 437 g/mol. The zero-order valence-electron chi connectivity index (χ0n) is 17.2. The van der Waals surface area contributed by atoms with Crippen LogP contribution in [0, 0.1) is 18.6 Å². The highest BCUT2D eigenvalue weighted by atomic mass is 19.1. The first-order valence-electron chi connectivity index (χ1n) is 9.83. The lowest BCUT2D eigenvalue weighted by Gasteiger charge is -2.09. The van der Waals surface area contributed by atoms with E-state index in [9.17, 15) is 23.2 Å². The molecule has 0 fully saturated rings. The average Bonchev–Trinajstić information content (AvgIpc) is 2.77. The van der Waals surface area contributed by atoms with Crippen LogP contribution in [0.1, 0.15) is 36.6 Å². The summed E-state index contributed by atoms with van der Waals surface area (Å²) in [6.07, 6.45) is 0. The van der Waals surface area contributed by atoms with E-state index in [1.54, 1.807) is 36.4 Å². The van der Waals surface area contributed by atoms with E-state index in [0.717, 1.165) is 17.7 Å². The summed E-state index contributed by atoms with van der Waals surface area (Å²) in [5, 5.41) is 7.84. The first-order valence-corrected chi connectivity index (χ1v) is 9.83. The van der Waals surface area contributed by atoms with Gasteiger partial charge >= 0.3 is 0 Å². The number of rotatable bonds is 7. The van der Waals surface area contributed by atoms with Gasteiger partial charge in [0.25, 0.3) is 17.7 Å². The van der Waals surface area contributed by atoms with Crippen LogP contribution in [-0.2, 0) is 0 Å². The number of amides is 3. The van der Waals surface area contributed by atoms with Crippen molar-refractivity contribution in [2.24, 2.45) is 0 Å². The van der Waals surface area contributed by atoms with Crippen molar-refractivity contribution in [2.45, 2.75) is 6.92 Å². The summed E-state index contributed by atoms with van der Waals surface area (Å²) < 4.78 is 26.5. The molecule has 0 aliphatic heterocycles. The number of nitrogens with one attached hydrogen (secondary N) is 3. The van der Waals surface area contributed by atoms with Crippen LogP contribution in [0.3, 0.4) is 0 Å². The van der Waals surface area contributed by atoms with Gasteiger partial charge < -0.3 is 16.0 Å². The Morgan fingerprint density at radius 1 is 0.719 bits per heavy atom. The van der Waals surface area contributed by atoms with Crippen molar-refractivity contribution in [3.63, 3.8) is 0 Å². The fourth-order valence-electron chi connectivity index (χ4n) is 2.84. The zero-order chi connectivity index (χ0) is 23.1. The van der Waals surface area contributed by atoms with Gasteiger partial charge in [-0.05, 0) is 55.5 Å². The molecule has 0 heterocycles. The predicted molar refractivity (Wildman–Crippen MR) is 117 cm³/mol. The van der Waals surface area contributed by atoms with Crippen LogP contribution in [0.25, 0.3) is 0 Å². The minimum absolute atomic E-state index is 0.0616. The summed E-state index contributed by atoms with van der Waals surface area (Å²) in [5.74, 6) is -3.06. The van der Waals surface area contributed by atoms with Gasteiger partial charge in [-0.2, -0.15) is 0 Å². The van der Waals surface area contributed by atoms with Gasteiger partial charge in [0, 0.05) is 36.0 Å². The molecule has 164 valence electrons. The second-order valence-corrected chi connectivity index (χ2v) is 7.03. The predicted octanol–water partition coefficient (Wildman–Crippen LogP) is 3.69. The van der Waals surface area contributed by atoms with E-state index < -0.39 is 17.5 Å². The lowest BCUT2D eigenvalue weighted by atomic mass is 10.1. The fourth-order valence-corrected chi connectivity index (χ4v) is 2.84. The van der Waals surface area contributed by atoms with Gasteiger partial charge in [0.2, 0.25) is 0 Å². The van der Waals surface area contributed by atoms with Crippen molar-refractivity contribution < 1.29 is 23.2 Å². The summed E-state index contributed by atoms with van der Waals surface area (Å²) in [5.41, 5.74) is 2.22. The number of anilines is 1. The Morgan fingerprint density at radius 2 is 1.28 bits per heavy atom. The summed E-state index contributed by atoms with van der Waals surface area (Å²) in [4.78, 5) is 36.4. The summed E-state index contributed by atoms with van der Waals surface area (Å²) in [6, 6.07) is 16.2. The Morgan fingerprint density at radius 3 is 1.91 bits per heavy atom. The van der Waals surface area contributed by atoms with Crippen LogP contribution in [0.15, 0.2) is 66.7 Å². The Balaban J connectivity index is 1.45. The molecular weight excluding hydrogens is 416 g/mol. The average molecular weight is 437 g/mol. The smallest absolute Gasteiger partial charge is 0.255 e. The molecule has 3 aromatic rings. The van der Waals surface area contributed by atoms with Gasteiger partial charge in [0.1, 0.15) is 11.6 Å². The van der Waals surface area contributed by atoms with Crippen molar-refractivity contribution in [3.05, 3.63) is 101 Å². The number of halogens is 2. The van der Waals surface area contributed by atoms with Crippen molar-refractivity contribution in [2.75, 3.05) is 18.4 Å². The van der Waals surface area contributed by atoms with Crippen molar-refractivity contribution in [1.82, 2.24) is 10.6 Å². The van der Waals surface area contributed by atoms with Crippen molar-refractivity contribution in [3.8, 4) is 0 Å². The maximum atomic E-state index is 13.6. The molecule has 0 aliphatic carbocycles. The summed E-state index contributed by atoms with van der Waals surface area (Å²) in [7, 11) is 0. The van der Waals surface area contributed by atoms with Gasteiger partial charge in [-0.25, -0.2) is 8.78 Å². The van der Waals surface area contributed by atoms with E-state index in [2.05, 4.69) is 16.0 Å². The molecule has 3 aromatic carbocycles. The first-order chi connectivity index (χ1) is 15.3. The molecule has 0 radical (unpaired) electrons. The van der Waals surface area contributed by atoms with E-state index in [1.165, 1.54) is 0 Å². The van der Waals surface area contributed by atoms with E-state index in [4.69, 9.17) is 0 Å². The molecule has 3 rings (SSSR count). The standard InChI is InChI=1S/C24H21F2N3O3/c1-15-2-4-17(5-3-15)23(31)29-19-9-6-16(7-10-19)22(30)27-12-13-28-24(32)20-11-8-18(25)14-21(20)26/h2-11,14H,12-13H2,1H3,(H,27,30)(H,28,32)(H,29,31). The second-order valence-electron chi connectivity index (χ2n) is 7.03. The van der Waals surface area contributed by atoms with E-state index in [1.807, 2.05) is 19.1 Å². The largest absolute Gasteiger partial charge is 0.350 e. The molecule has 0 saturated heterocycles. The number of carbonyl (C=O) groups excluding carboxylic acids is 3. The molecule has 0 aromatic heterocycles. The minimum Gasteiger partial charge on any atom is -0.350 e. The minimum atomic E-state index is -0.957. The first kappa shape index (κ1) is 22.6. The van der Waals surface area contributed by atoms with Crippen LogP contribution in [0.5, 0.6) is 0 Å². The highest BCUT2D eigenvalue weighted by Crippen LogP contribution is 2.12. The normalized spacial score (nSPS) is 10.3. The van der Waals surface area contributed by atoms with Gasteiger partial charge in [-0.15, -0.1) is 0 Å². The van der Waals surface area contributed by atoms with Gasteiger partial charge in [-0.3, -0.25) is 14.4 Å². The van der Waals surface area contributed by atoms with Crippen LogP contribution in [0.2, 0.25) is 0 Å². The van der Waals surface area contributed by atoms with Crippen LogP contribution in [-0.4, -0.2) is 30.8 Å². The lowest BCUT2D eigenvalue weighted by molar-refractivity contribution is 0.0925. The number of aryl methyl sites for hydroxylation is 1. The Bertz CT molecular complexity index is 1130. The molecule has 32 heavy (non-hydrogen) atoms. The zero-order valence-corrected chi connectivity index (χ0v) is 17.2. The third-order valence-corrected chi connectivity index (χ3v) is 4.59. The SMILES string of the molecule is Cc1ccc(C(=O)Nc2ccc(C(=O)NCCNC(=O)c3ccc(F)cc3F)cc2)cc1. The topological polar surface area (TPSA) is 87.3 Å². The lowest BCUT2D eigenvalue weighted by Crippen LogP contribution is -2.35. The number of carbonyl (C=O) groups is 3. The van der Waals surface area contributed by atoms with Crippen LogP contribution >= 0.6 is 0 Å². The molecule has 0 unspecified atom stereocenters. The maximum absolute atomic E-state index is 13.6. The molecule has 0 saturated carbocycles. The van der Waals surface area contributed by atoms with E-state index in [0.29, 0.717) is 22.9 Å². The molecule has 0 bridgehead atoms. The van der Waals surface area contributed by atoms with Crippen LogP contribution < -0.4 is 16.0 Å². The molecule has 6 nitrogen and oxygen atoms in total. The maximum Gasteiger partial charge on any atom is 0.255 e. The van der Waals surface area contributed by atoms with Crippen LogP contribution in [0.4, 0.5) is 14.5 Å². The summed E-state index contributed by atoms with van der Waals surface area (Å²) >= 11 is 0. The molecular formula is C24H21F2N3O3. The van der Waals surface area contributed by atoms with Crippen molar-refractivity contribution in [1.29, 1.82) is 0 Å². The third kappa shape index (κ3) is 5.98. The second kappa shape index (κ2) is 10.3. The number of benzene rings is 3. The highest BCUT2D eigenvalue weighted by molar-refractivity contribution is 6.04. The van der Waals surface area contributed by atoms with Gasteiger partial charge in [0.15, 0.2) is 0 Å². The molecule has 3 N–H and O–H groups in total. The van der Waals surface area contributed by atoms with E-state index >= 15 is 0 Å².